The number of carbonyl (C=O) groups is 3. The highest BCUT2D eigenvalue weighted by Gasteiger charge is 2.34. The van der Waals surface area contributed by atoms with Crippen molar-refractivity contribution in [2.75, 3.05) is 6.61 Å². The van der Waals surface area contributed by atoms with E-state index in [1.165, 1.54) is 0 Å². The number of aliphatic carboxylic acids is 1. The summed E-state index contributed by atoms with van der Waals surface area (Å²) in [6.45, 7) is -0.0330. The van der Waals surface area contributed by atoms with Gasteiger partial charge >= 0.3 is 11.9 Å². The molecule has 26 heavy (non-hydrogen) atoms. The SMILES string of the molecule is N=C(N)c1ccc2cc(C(=O)OCC3CC(CC(=O)O)C(=O)N3)[nH]c2c1. The van der Waals surface area contributed by atoms with Gasteiger partial charge in [-0.3, -0.25) is 15.0 Å². The zero-order chi connectivity index (χ0) is 18.8. The number of carboxylic acid groups (broad SMARTS) is 1. The third-order valence-electron chi connectivity index (χ3n) is 4.28. The Balaban J connectivity index is 1.62. The Labute approximate surface area is 148 Å². The largest absolute Gasteiger partial charge is 0.481 e. The van der Waals surface area contributed by atoms with Crippen LogP contribution in [0.4, 0.5) is 0 Å². The lowest BCUT2D eigenvalue weighted by Crippen LogP contribution is -2.31. The molecule has 9 heteroatoms. The van der Waals surface area contributed by atoms with Crippen molar-refractivity contribution in [1.29, 1.82) is 5.41 Å². The maximum atomic E-state index is 12.2. The van der Waals surface area contributed by atoms with Crippen LogP contribution in [0.2, 0.25) is 0 Å². The molecule has 2 atom stereocenters. The van der Waals surface area contributed by atoms with Gasteiger partial charge in [0, 0.05) is 16.5 Å². The van der Waals surface area contributed by atoms with E-state index < -0.39 is 23.9 Å². The number of nitrogens with two attached hydrogens (primary N) is 1. The van der Waals surface area contributed by atoms with Crippen LogP contribution < -0.4 is 11.1 Å². The van der Waals surface area contributed by atoms with E-state index in [2.05, 4.69) is 10.3 Å². The molecule has 1 aliphatic heterocycles. The second kappa shape index (κ2) is 6.87. The first-order chi connectivity index (χ1) is 12.3. The van der Waals surface area contributed by atoms with Crippen molar-refractivity contribution in [3.8, 4) is 0 Å². The van der Waals surface area contributed by atoms with Gasteiger partial charge in [-0.1, -0.05) is 12.1 Å². The number of hydrogen-bond donors (Lipinski definition) is 5. The molecule has 0 aliphatic carbocycles. The fourth-order valence-electron chi connectivity index (χ4n) is 2.98. The molecule has 1 aliphatic rings. The van der Waals surface area contributed by atoms with Gasteiger partial charge in [-0.25, -0.2) is 4.79 Å². The summed E-state index contributed by atoms with van der Waals surface area (Å²) in [5.74, 6) is -2.63. The van der Waals surface area contributed by atoms with Gasteiger partial charge in [-0.2, -0.15) is 0 Å². The number of amides is 1. The van der Waals surface area contributed by atoms with Crippen molar-refractivity contribution in [2.24, 2.45) is 11.7 Å². The summed E-state index contributed by atoms with van der Waals surface area (Å²) in [7, 11) is 0. The Morgan fingerprint density at radius 3 is 2.81 bits per heavy atom. The first-order valence-electron chi connectivity index (χ1n) is 8.00. The second-order valence-corrected chi connectivity index (χ2v) is 6.23. The summed E-state index contributed by atoms with van der Waals surface area (Å²) in [6, 6.07) is 6.33. The number of nitrogens with one attached hydrogen (secondary N) is 3. The number of esters is 1. The molecule has 0 bridgehead atoms. The highest BCUT2D eigenvalue weighted by molar-refractivity contribution is 6.00. The van der Waals surface area contributed by atoms with Gasteiger partial charge in [0.1, 0.15) is 18.1 Å². The van der Waals surface area contributed by atoms with Crippen LogP contribution in [0, 0.1) is 11.3 Å². The standard InChI is InChI=1S/C17H18N4O5/c18-15(19)9-2-1-8-4-13(21-12(8)5-9)17(25)26-7-11-3-10(6-14(22)23)16(24)20-11/h1-2,4-5,10-11,21H,3,6-7H2,(H3,18,19)(H,20,24)(H,22,23). The number of ether oxygens (including phenoxy) is 1. The number of rotatable bonds is 6. The number of benzene rings is 1. The molecule has 3 rings (SSSR count). The van der Waals surface area contributed by atoms with Crippen LogP contribution in [0.5, 0.6) is 0 Å². The van der Waals surface area contributed by atoms with Crippen LogP contribution >= 0.6 is 0 Å². The van der Waals surface area contributed by atoms with Crippen molar-refractivity contribution in [3.63, 3.8) is 0 Å². The van der Waals surface area contributed by atoms with E-state index >= 15 is 0 Å². The number of carboxylic acids is 1. The number of aromatic nitrogens is 1. The van der Waals surface area contributed by atoms with Crippen LogP contribution in [-0.4, -0.2) is 46.4 Å². The molecule has 2 aromatic rings. The number of hydrogen-bond acceptors (Lipinski definition) is 5. The van der Waals surface area contributed by atoms with Crippen LogP contribution in [0.15, 0.2) is 24.3 Å². The summed E-state index contributed by atoms with van der Waals surface area (Å²) in [6.07, 6.45) is 0.0733. The first-order valence-corrected chi connectivity index (χ1v) is 8.00. The van der Waals surface area contributed by atoms with E-state index in [1.54, 1.807) is 24.3 Å². The fraction of sp³-hybridized carbons (Fsp3) is 0.294. The lowest BCUT2D eigenvalue weighted by molar-refractivity contribution is -0.140. The monoisotopic (exact) mass is 358 g/mol. The number of nitrogen functional groups attached to an aromatic ring is 1. The first kappa shape index (κ1) is 17.5. The molecular weight excluding hydrogens is 340 g/mol. The molecule has 1 fully saturated rings. The molecule has 1 amide bonds. The van der Waals surface area contributed by atoms with Crippen molar-refractivity contribution in [3.05, 3.63) is 35.5 Å². The Morgan fingerprint density at radius 2 is 2.12 bits per heavy atom. The van der Waals surface area contributed by atoms with Gasteiger partial charge in [0.25, 0.3) is 0 Å². The molecule has 0 radical (unpaired) electrons. The highest BCUT2D eigenvalue weighted by Crippen LogP contribution is 2.21. The summed E-state index contributed by atoms with van der Waals surface area (Å²) >= 11 is 0. The normalized spacial score (nSPS) is 19.3. The van der Waals surface area contributed by atoms with Gasteiger partial charge in [-0.15, -0.1) is 0 Å². The van der Waals surface area contributed by atoms with Crippen molar-refractivity contribution < 1.29 is 24.2 Å². The van der Waals surface area contributed by atoms with Gasteiger partial charge in [0.15, 0.2) is 0 Å². The number of aromatic amines is 1. The molecule has 1 aromatic heterocycles. The fourth-order valence-corrected chi connectivity index (χ4v) is 2.98. The minimum atomic E-state index is -1.04. The summed E-state index contributed by atoms with van der Waals surface area (Å²) in [4.78, 5) is 37.5. The zero-order valence-electron chi connectivity index (χ0n) is 13.7. The van der Waals surface area contributed by atoms with Crippen molar-refractivity contribution >= 4 is 34.6 Å². The number of H-pyrrole nitrogens is 1. The predicted molar refractivity (Wildman–Crippen MR) is 91.9 cm³/mol. The Hall–Kier alpha value is -3.36. The molecule has 0 spiro atoms. The molecule has 9 nitrogen and oxygen atoms in total. The van der Waals surface area contributed by atoms with Gasteiger partial charge in [0.2, 0.25) is 5.91 Å². The summed E-state index contributed by atoms with van der Waals surface area (Å²) in [5, 5.41) is 19.6. The highest BCUT2D eigenvalue weighted by atomic mass is 16.5. The van der Waals surface area contributed by atoms with Crippen molar-refractivity contribution in [2.45, 2.75) is 18.9 Å². The summed E-state index contributed by atoms with van der Waals surface area (Å²) in [5.41, 5.74) is 6.88. The minimum Gasteiger partial charge on any atom is -0.481 e. The molecule has 136 valence electrons. The smallest absolute Gasteiger partial charge is 0.354 e. The van der Waals surface area contributed by atoms with Crippen LogP contribution in [0.25, 0.3) is 10.9 Å². The van der Waals surface area contributed by atoms with Gasteiger partial charge in [-0.05, 0) is 18.6 Å². The van der Waals surface area contributed by atoms with Gasteiger partial charge < -0.3 is 25.9 Å². The van der Waals surface area contributed by atoms with Crippen LogP contribution in [-0.2, 0) is 14.3 Å². The maximum Gasteiger partial charge on any atom is 0.354 e. The lowest BCUT2D eigenvalue weighted by Gasteiger charge is -2.10. The minimum absolute atomic E-state index is 0.0330. The zero-order valence-corrected chi connectivity index (χ0v) is 13.7. The average Bonchev–Trinajstić information content (AvgIpc) is 3.15. The van der Waals surface area contributed by atoms with E-state index in [-0.39, 0.29) is 30.5 Å². The third-order valence-corrected chi connectivity index (χ3v) is 4.28. The van der Waals surface area contributed by atoms with E-state index in [1.807, 2.05) is 0 Å². The topological polar surface area (TPSA) is 158 Å². The molecule has 2 unspecified atom stereocenters. The Kier molecular flexibility index (Phi) is 4.61. The van der Waals surface area contributed by atoms with Gasteiger partial charge in [0.05, 0.1) is 18.4 Å². The van der Waals surface area contributed by atoms with E-state index in [0.29, 0.717) is 17.5 Å². The van der Waals surface area contributed by atoms with E-state index in [9.17, 15) is 14.4 Å². The maximum absolute atomic E-state index is 12.2. The van der Waals surface area contributed by atoms with Crippen LogP contribution in [0.1, 0.15) is 28.9 Å². The molecular formula is C17H18N4O5. The summed E-state index contributed by atoms with van der Waals surface area (Å²) < 4.78 is 5.22. The third kappa shape index (κ3) is 3.66. The molecule has 2 heterocycles. The Morgan fingerprint density at radius 1 is 1.35 bits per heavy atom. The lowest BCUT2D eigenvalue weighted by atomic mass is 10.0. The molecule has 6 N–H and O–H groups in total. The van der Waals surface area contributed by atoms with E-state index in [0.717, 1.165) is 5.39 Å². The Bertz CT molecular complexity index is 904. The number of carbonyl (C=O) groups excluding carboxylic acids is 2. The molecule has 1 saturated heterocycles. The van der Waals surface area contributed by atoms with E-state index in [4.69, 9.17) is 21.0 Å². The van der Waals surface area contributed by atoms with Crippen molar-refractivity contribution in [1.82, 2.24) is 10.3 Å². The number of fused-ring (bicyclic) bond motifs is 1. The molecule has 1 aromatic carbocycles. The number of amidine groups is 1. The molecule has 0 saturated carbocycles. The van der Waals surface area contributed by atoms with Crippen LogP contribution in [0.3, 0.4) is 0 Å². The average molecular weight is 358 g/mol. The quantitative estimate of drug-likeness (QED) is 0.289. The predicted octanol–water partition coefficient (Wildman–Crippen LogP) is 0.588. The second-order valence-electron chi connectivity index (χ2n) is 6.23.